The number of benzene rings is 3. The van der Waals surface area contributed by atoms with Gasteiger partial charge in [-0.3, -0.25) is 14.5 Å². The largest absolute Gasteiger partial charge is 0.453 e. The molecule has 3 aromatic rings. The van der Waals surface area contributed by atoms with E-state index in [0.717, 1.165) is 17.4 Å². The van der Waals surface area contributed by atoms with Crippen LogP contribution in [0.3, 0.4) is 0 Å². The second-order valence-corrected chi connectivity index (χ2v) is 6.64. The topological polar surface area (TPSA) is 49.9 Å². The third-order valence-electron chi connectivity index (χ3n) is 5.01. The van der Waals surface area contributed by atoms with Crippen LogP contribution in [-0.4, -0.2) is 29.8 Å². The van der Waals surface area contributed by atoms with Crippen LogP contribution in [0.15, 0.2) is 66.7 Å². The zero-order chi connectivity index (χ0) is 19.3. The highest BCUT2D eigenvalue weighted by atomic mass is 19.1. The van der Waals surface area contributed by atoms with Gasteiger partial charge in [-0.25, -0.2) is 4.39 Å². The number of ether oxygens (including phenoxy) is 1. The first-order valence-corrected chi connectivity index (χ1v) is 8.93. The number of hydrogen-bond donors (Lipinski definition) is 0. The van der Waals surface area contributed by atoms with E-state index in [9.17, 15) is 14.0 Å². The third kappa shape index (κ3) is 2.45. The van der Waals surface area contributed by atoms with Gasteiger partial charge in [0.25, 0.3) is 11.8 Å². The van der Waals surface area contributed by atoms with E-state index in [2.05, 4.69) is 0 Å². The van der Waals surface area contributed by atoms with E-state index in [1.807, 2.05) is 53.4 Å². The minimum absolute atomic E-state index is 0.118. The molecule has 2 amide bonds. The van der Waals surface area contributed by atoms with E-state index in [4.69, 9.17) is 4.74 Å². The van der Waals surface area contributed by atoms with Gasteiger partial charge in [0.1, 0.15) is 5.82 Å². The fraction of sp³-hybridized carbons (Fsp3) is 0.0909. The Hall–Kier alpha value is -3.67. The lowest BCUT2D eigenvalue weighted by molar-refractivity contribution is 0.0659. The molecule has 2 heterocycles. The van der Waals surface area contributed by atoms with Gasteiger partial charge in [-0.15, -0.1) is 0 Å². The predicted molar refractivity (Wildman–Crippen MR) is 102 cm³/mol. The van der Waals surface area contributed by atoms with Crippen molar-refractivity contribution in [1.29, 1.82) is 0 Å². The monoisotopic (exact) mass is 374 g/mol. The number of halogens is 1. The summed E-state index contributed by atoms with van der Waals surface area (Å²) >= 11 is 0. The van der Waals surface area contributed by atoms with Gasteiger partial charge in [0.2, 0.25) is 0 Å². The number of carbonyl (C=O) groups excluding carboxylic acids is 2. The molecule has 0 saturated carbocycles. The Morgan fingerprint density at radius 1 is 0.714 bits per heavy atom. The lowest BCUT2D eigenvalue weighted by Gasteiger charge is -2.33. The molecule has 0 saturated heterocycles. The minimum atomic E-state index is -0.530. The number of imide groups is 1. The van der Waals surface area contributed by atoms with Gasteiger partial charge >= 0.3 is 0 Å². The summed E-state index contributed by atoms with van der Waals surface area (Å²) in [5, 5.41) is 0. The average molecular weight is 374 g/mol. The highest BCUT2D eigenvalue weighted by Gasteiger charge is 2.36. The molecule has 0 aliphatic carbocycles. The van der Waals surface area contributed by atoms with Crippen LogP contribution in [0.2, 0.25) is 0 Å². The SMILES string of the molecule is O=C1c2ccc(F)cc2C(=O)N1CCN1c2ccccc2Oc2ccccc21. The van der Waals surface area contributed by atoms with Crippen molar-refractivity contribution in [2.75, 3.05) is 18.0 Å². The number of fused-ring (bicyclic) bond motifs is 3. The molecule has 0 unspecified atom stereocenters. The first-order valence-electron chi connectivity index (χ1n) is 8.93. The Morgan fingerprint density at radius 2 is 1.29 bits per heavy atom. The molecule has 28 heavy (non-hydrogen) atoms. The molecule has 0 bridgehead atoms. The van der Waals surface area contributed by atoms with Crippen LogP contribution in [0, 0.1) is 5.82 Å². The van der Waals surface area contributed by atoms with Crippen molar-refractivity contribution < 1.29 is 18.7 Å². The molecule has 0 N–H and O–H groups in total. The van der Waals surface area contributed by atoms with Gasteiger partial charge in [-0.05, 0) is 42.5 Å². The van der Waals surface area contributed by atoms with Crippen LogP contribution in [-0.2, 0) is 0 Å². The summed E-state index contributed by atoms with van der Waals surface area (Å²) in [5.74, 6) is 0.0400. The Morgan fingerprint density at radius 3 is 1.96 bits per heavy atom. The Balaban J connectivity index is 1.45. The van der Waals surface area contributed by atoms with Crippen LogP contribution >= 0.6 is 0 Å². The van der Waals surface area contributed by atoms with Crippen molar-refractivity contribution in [3.8, 4) is 11.5 Å². The van der Waals surface area contributed by atoms with E-state index < -0.39 is 17.6 Å². The molecule has 0 spiro atoms. The highest BCUT2D eigenvalue weighted by Crippen LogP contribution is 2.46. The maximum Gasteiger partial charge on any atom is 0.261 e. The summed E-state index contributed by atoms with van der Waals surface area (Å²) < 4.78 is 19.4. The summed E-state index contributed by atoms with van der Waals surface area (Å²) in [4.78, 5) is 28.4. The molecular weight excluding hydrogens is 359 g/mol. The first-order chi connectivity index (χ1) is 13.6. The number of rotatable bonds is 3. The summed E-state index contributed by atoms with van der Waals surface area (Å²) in [6.07, 6.45) is 0. The lowest BCUT2D eigenvalue weighted by Crippen LogP contribution is -2.37. The highest BCUT2D eigenvalue weighted by molar-refractivity contribution is 6.21. The zero-order valence-electron chi connectivity index (χ0n) is 14.8. The van der Waals surface area contributed by atoms with Crippen molar-refractivity contribution in [1.82, 2.24) is 4.90 Å². The van der Waals surface area contributed by atoms with Crippen molar-refractivity contribution >= 4 is 23.2 Å². The predicted octanol–water partition coefficient (Wildman–Crippen LogP) is 4.37. The van der Waals surface area contributed by atoms with Crippen molar-refractivity contribution in [3.63, 3.8) is 0 Å². The summed E-state index contributed by atoms with van der Waals surface area (Å²) in [6.45, 7) is 0.571. The van der Waals surface area contributed by atoms with Crippen LogP contribution in [0.25, 0.3) is 0 Å². The van der Waals surface area contributed by atoms with Gasteiger partial charge < -0.3 is 9.64 Å². The molecule has 5 rings (SSSR count). The lowest BCUT2D eigenvalue weighted by atomic mass is 10.1. The van der Waals surface area contributed by atoms with E-state index in [0.29, 0.717) is 18.0 Å². The molecule has 0 fully saturated rings. The number of carbonyl (C=O) groups is 2. The fourth-order valence-corrected chi connectivity index (χ4v) is 3.69. The standard InChI is InChI=1S/C22H15FN2O3/c23-14-9-10-15-16(13-14)22(27)25(21(15)26)12-11-24-17-5-1-3-7-19(17)28-20-8-4-2-6-18(20)24/h1-10,13H,11-12H2. The number of hydrogen-bond acceptors (Lipinski definition) is 4. The van der Waals surface area contributed by atoms with E-state index in [-0.39, 0.29) is 17.7 Å². The second kappa shape index (κ2) is 6.20. The average Bonchev–Trinajstić information content (AvgIpc) is 2.95. The van der Waals surface area contributed by atoms with Gasteiger partial charge in [-0.1, -0.05) is 24.3 Å². The summed E-state index contributed by atoms with van der Waals surface area (Å²) in [5.41, 5.74) is 2.09. The molecule has 2 aliphatic heterocycles. The molecular formula is C22H15FN2O3. The van der Waals surface area contributed by atoms with Crippen LogP contribution in [0.1, 0.15) is 20.7 Å². The minimum Gasteiger partial charge on any atom is -0.453 e. The van der Waals surface area contributed by atoms with Crippen molar-refractivity contribution in [2.45, 2.75) is 0 Å². The first kappa shape index (κ1) is 16.5. The molecule has 138 valence electrons. The van der Waals surface area contributed by atoms with Crippen LogP contribution in [0.5, 0.6) is 11.5 Å². The smallest absolute Gasteiger partial charge is 0.261 e. The van der Waals surface area contributed by atoms with Crippen LogP contribution in [0.4, 0.5) is 15.8 Å². The zero-order valence-corrected chi connectivity index (χ0v) is 14.8. The molecule has 6 heteroatoms. The second-order valence-electron chi connectivity index (χ2n) is 6.64. The molecule has 5 nitrogen and oxygen atoms in total. The van der Waals surface area contributed by atoms with Gasteiger partial charge in [-0.2, -0.15) is 0 Å². The maximum atomic E-state index is 13.5. The third-order valence-corrected chi connectivity index (χ3v) is 5.01. The molecule has 2 aliphatic rings. The van der Waals surface area contributed by atoms with E-state index in [1.54, 1.807) is 0 Å². The normalized spacial score (nSPS) is 14.5. The molecule has 0 atom stereocenters. The van der Waals surface area contributed by atoms with E-state index >= 15 is 0 Å². The number of nitrogens with zero attached hydrogens (tertiary/aromatic N) is 2. The summed E-state index contributed by atoms with van der Waals surface area (Å²) in [7, 11) is 0. The number of anilines is 2. The quantitative estimate of drug-likeness (QED) is 0.639. The van der Waals surface area contributed by atoms with E-state index in [1.165, 1.54) is 17.0 Å². The van der Waals surface area contributed by atoms with Gasteiger partial charge in [0.15, 0.2) is 11.5 Å². The van der Waals surface area contributed by atoms with Crippen molar-refractivity contribution in [2.24, 2.45) is 0 Å². The van der Waals surface area contributed by atoms with Gasteiger partial charge in [0, 0.05) is 13.1 Å². The molecule has 0 radical (unpaired) electrons. The number of para-hydroxylation sites is 4. The van der Waals surface area contributed by atoms with Gasteiger partial charge in [0.05, 0.1) is 22.5 Å². The molecule has 0 aromatic heterocycles. The Bertz CT molecular complexity index is 1080. The maximum absolute atomic E-state index is 13.5. The Labute approximate surface area is 160 Å². The summed E-state index contributed by atoms with van der Waals surface area (Å²) in [6, 6.07) is 18.9. The Kier molecular flexibility index (Phi) is 3.65. The number of amides is 2. The fourth-order valence-electron chi connectivity index (χ4n) is 3.69. The molecule has 3 aromatic carbocycles. The van der Waals surface area contributed by atoms with Crippen LogP contribution < -0.4 is 9.64 Å². The van der Waals surface area contributed by atoms with Crippen molar-refractivity contribution in [3.05, 3.63) is 83.7 Å².